The van der Waals surface area contributed by atoms with E-state index in [2.05, 4.69) is 15.9 Å². The molecule has 0 spiro atoms. The summed E-state index contributed by atoms with van der Waals surface area (Å²) in [6.07, 6.45) is 3.39. The molecule has 208 valence electrons. The first-order valence-corrected chi connectivity index (χ1v) is 14.2. The summed E-state index contributed by atoms with van der Waals surface area (Å²) < 4.78 is 0.110. The number of hydrogen-bond donors (Lipinski definition) is 1. The number of allylic oxidation sites excluding steroid dienone is 6. The van der Waals surface area contributed by atoms with Gasteiger partial charge < -0.3 is 5.11 Å². The van der Waals surface area contributed by atoms with Gasteiger partial charge in [-0.1, -0.05) is 48.0 Å². The van der Waals surface area contributed by atoms with E-state index in [0.29, 0.717) is 16.5 Å². The van der Waals surface area contributed by atoms with E-state index >= 15 is 0 Å². The van der Waals surface area contributed by atoms with Crippen molar-refractivity contribution in [3.63, 3.8) is 0 Å². The molecule has 0 unspecified atom stereocenters. The van der Waals surface area contributed by atoms with Gasteiger partial charge in [-0.15, -0.1) is 0 Å². The van der Waals surface area contributed by atoms with Crippen LogP contribution >= 0.6 is 15.9 Å². The smallest absolute Gasteiger partial charge is 0.271 e. The minimum atomic E-state index is -0.849. The number of fused-ring (bicyclic) bond motifs is 4. The van der Waals surface area contributed by atoms with Gasteiger partial charge in [0.1, 0.15) is 5.75 Å². The van der Waals surface area contributed by atoms with E-state index < -0.39 is 40.4 Å². The van der Waals surface area contributed by atoms with Gasteiger partial charge in [0.2, 0.25) is 11.8 Å². The van der Waals surface area contributed by atoms with Gasteiger partial charge in [0.05, 0.1) is 26.9 Å². The van der Waals surface area contributed by atoms with Gasteiger partial charge in [0, 0.05) is 40.8 Å². The Balaban J connectivity index is 1.41. The lowest BCUT2D eigenvalue weighted by molar-refractivity contribution is -0.384. The Morgan fingerprint density at radius 1 is 0.952 bits per heavy atom. The fourth-order valence-electron chi connectivity index (χ4n) is 7.13. The summed E-state index contributed by atoms with van der Waals surface area (Å²) in [5.41, 5.74) is 1.56. The number of non-ortho nitro benzene ring substituents is 1. The monoisotopic (exact) mass is 624 g/mol. The predicted octanol–water partition coefficient (Wildman–Crippen LogP) is 5.42. The Bertz CT molecular complexity index is 1910. The minimum absolute atomic E-state index is 0.0462. The third-order valence-corrected chi connectivity index (χ3v) is 9.46. The molecule has 0 radical (unpaired) electrons. The number of carbonyl (C=O) groups excluding carboxylic acids is 4. The van der Waals surface area contributed by atoms with Crippen molar-refractivity contribution in [3.8, 4) is 5.75 Å². The molecule has 1 heterocycles. The van der Waals surface area contributed by atoms with Crippen LogP contribution in [-0.2, 0) is 19.2 Å². The van der Waals surface area contributed by atoms with Crippen LogP contribution in [-0.4, -0.2) is 33.4 Å². The molecule has 0 saturated carbocycles. The lowest BCUT2D eigenvalue weighted by atomic mass is 9.59. The molecule has 3 aromatic carbocycles. The maximum Gasteiger partial charge on any atom is 0.271 e. The highest BCUT2D eigenvalue weighted by Crippen LogP contribution is 2.57. The van der Waals surface area contributed by atoms with Gasteiger partial charge in [-0.25, -0.2) is 4.90 Å². The highest BCUT2D eigenvalue weighted by atomic mass is 79.9. The van der Waals surface area contributed by atoms with Crippen molar-refractivity contribution in [2.45, 2.75) is 18.8 Å². The van der Waals surface area contributed by atoms with Crippen LogP contribution in [0.5, 0.6) is 5.75 Å². The van der Waals surface area contributed by atoms with Crippen LogP contribution in [0, 0.1) is 27.9 Å². The first-order chi connectivity index (χ1) is 20.2. The maximum atomic E-state index is 14.0. The molecule has 0 bridgehead atoms. The number of nitro groups is 1. The normalized spacial score (nSPS) is 25.2. The number of halogens is 1. The maximum absolute atomic E-state index is 14.0. The van der Waals surface area contributed by atoms with Gasteiger partial charge in [-0.3, -0.25) is 29.3 Å². The third kappa shape index (κ3) is 3.68. The standard InChI is InChI=1S/C32H21BrN2O7/c33-23-14-25(37)28-22(30(23)38)13-21-19(29(28)27-18-7-2-1-4-15(18)8-11-24(27)36)9-10-20-26(21)32(40)34(31(20)39)16-5-3-6-17(12-16)35(41)42/h1-9,11-12,14,20-21,26,29,36H,10,13H2/t20-,21+,26-,29+/m0/s1. The zero-order valence-electron chi connectivity index (χ0n) is 21.8. The molecule has 42 heavy (non-hydrogen) atoms. The van der Waals surface area contributed by atoms with E-state index in [1.54, 1.807) is 12.1 Å². The van der Waals surface area contributed by atoms with Crippen LogP contribution in [0.25, 0.3) is 10.8 Å². The number of aromatic hydroxyl groups is 1. The highest BCUT2D eigenvalue weighted by molar-refractivity contribution is 9.12. The lowest BCUT2D eigenvalue weighted by Gasteiger charge is -2.42. The van der Waals surface area contributed by atoms with E-state index in [4.69, 9.17) is 0 Å². The summed E-state index contributed by atoms with van der Waals surface area (Å²) >= 11 is 3.22. The number of phenols is 1. The van der Waals surface area contributed by atoms with Crippen LogP contribution < -0.4 is 4.90 Å². The molecule has 2 amide bonds. The number of amides is 2. The first-order valence-electron chi connectivity index (χ1n) is 13.4. The molecule has 7 rings (SSSR count). The van der Waals surface area contributed by atoms with E-state index in [9.17, 15) is 34.4 Å². The summed E-state index contributed by atoms with van der Waals surface area (Å²) in [6.45, 7) is 0. The topological polar surface area (TPSA) is 135 Å². The van der Waals surface area contributed by atoms with Crippen molar-refractivity contribution < 1.29 is 29.2 Å². The quantitative estimate of drug-likeness (QED) is 0.135. The molecule has 3 aromatic rings. The lowest BCUT2D eigenvalue weighted by Crippen LogP contribution is -2.39. The van der Waals surface area contributed by atoms with Gasteiger partial charge >= 0.3 is 0 Å². The number of phenolic OH excluding ortho intramolecular Hbond substituents is 1. The molecule has 1 fully saturated rings. The third-order valence-electron chi connectivity index (χ3n) is 8.87. The molecule has 9 nitrogen and oxygen atoms in total. The zero-order chi connectivity index (χ0) is 29.4. The molecule has 4 aliphatic rings. The largest absolute Gasteiger partial charge is 0.508 e. The number of Topliss-reactive ketones (excluding diaryl/α,β-unsaturated/α-hetero) is 1. The van der Waals surface area contributed by atoms with E-state index in [0.717, 1.165) is 10.3 Å². The Labute approximate surface area is 247 Å². The number of ketones is 2. The minimum Gasteiger partial charge on any atom is -0.508 e. The second kappa shape index (κ2) is 9.42. The van der Waals surface area contributed by atoms with Crippen LogP contribution in [0.3, 0.4) is 0 Å². The molecular formula is C32H21BrN2O7. The number of hydrogen-bond acceptors (Lipinski definition) is 7. The molecule has 1 N–H and O–H groups in total. The van der Waals surface area contributed by atoms with E-state index in [-0.39, 0.29) is 57.2 Å². The summed E-state index contributed by atoms with van der Waals surface area (Å²) in [4.78, 5) is 66.6. The Kier molecular flexibility index (Phi) is 5.88. The second-order valence-electron chi connectivity index (χ2n) is 10.9. The van der Waals surface area contributed by atoms with Gasteiger partial charge in [0.25, 0.3) is 5.69 Å². The van der Waals surface area contributed by atoms with Crippen molar-refractivity contribution in [2.75, 3.05) is 4.90 Å². The van der Waals surface area contributed by atoms with Crippen molar-refractivity contribution in [3.05, 3.63) is 110 Å². The number of benzene rings is 3. The van der Waals surface area contributed by atoms with Crippen molar-refractivity contribution >= 4 is 61.5 Å². The number of rotatable bonds is 3. The number of nitro benzene ring substituents is 1. The summed E-state index contributed by atoms with van der Waals surface area (Å²) in [5, 5.41) is 24.2. The summed E-state index contributed by atoms with van der Waals surface area (Å²) in [7, 11) is 0. The van der Waals surface area contributed by atoms with E-state index in [1.165, 1.54) is 30.3 Å². The van der Waals surface area contributed by atoms with E-state index in [1.807, 2.05) is 30.3 Å². The number of imide groups is 1. The molecule has 4 atom stereocenters. The molecule has 0 aromatic heterocycles. The molecule has 1 saturated heterocycles. The van der Waals surface area contributed by atoms with Crippen LogP contribution in [0.15, 0.2) is 94.0 Å². The SMILES string of the molecule is O=C1C=C(Br)C(=O)C2=C1[C@@H](c1c(O)ccc3ccccc13)C1=CC[C@@H]3C(=O)N(c4cccc([N+](=O)[O-])c4)C(=O)[C@@H]3[C@@H]1C2. The van der Waals surface area contributed by atoms with Gasteiger partial charge in [-0.2, -0.15) is 0 Å². The Morgan fingerprint density at radius 2 is 1.74 bits per heavy atom. The van der Waals surface area contributed by atoms with Crippen molar-refractivity contribution in [1.82, 2.24) is 0 Å². The van der Waals surface area contributed by atoms with Crippen LogP contribution in [0.1, 0.15) is 24.3 Å². The van der Waals surface area contributed by atoms with Crippen LogP contribution in [0.2, 0.25) is 0 Å². The first kappa shape index (κ1) is 26.2. The van der Waals surface area contributed by atoms with Gasteiger partial charge in [0.15, 0.2) is 11.6 Å². The Morgan fingerprint density at radius 3 is 2.52 bits per heavy atom. The average molecular weight is 625 g/mol. The molecule has 3 aliphatic carbocycles. The number of carbonyl (C=O) groups is 4. The fraction of sp³-hybridized carbons (Fsp3) is 0.188. The predicted molar refractivity (Wildman–Crippen MR) is 156 cm³/mol. The van der Waals surface area contributed by atoms with Crippen LogP contribution in [0.4, 0.5) is 11.4 Å². The highest BCUT2D eigenvalue weighted by Gasteiger charge is 2.57. The molecular weight excluding hydrogens is 604 g/mol. The summed E-state index contributed by atoms with van der Waals surface area (Å²) in [5.74, 6) is -4.75. The fourth-order valence-corrected chi connectivity index (χ4v) is 7.57. The van der Waals surface area contributed by atoms with Crippen molar-refractivity contribution in [1.29, 1.82) is 0 Å². The zero-order valence-corrected chi connectivity index (χ0v) is 23.4. The number of anilines is 1. The average Bonchev–Trinajstić information content (AvgIpc) is 3.24. The van der Waals surface area contributed by atoms with Crippen molar-refractivity contribution in [2.24, 2.45) is 17.8 Å². The number of nitrogens with zero attached hydrogens (tertiary/aromatic N) is 2. The second-order valence-corrected chi connectivity index (χ2v) is 11.8. The molecule has 10 heteroatoms. The van der Waals surface area contributed by atoms with Gasteiger partial charge in [-0.05, 0) is 57.6 Å². The Hall–Kier alpha value is -4.70. The molecule has 1 aliphatic heterocycles. The summed E-state index contributed by atoms with van der Waals surface area (Å²) in [6, 6.07) is 16.1.